The molecule has 2 N–H and O–H groups in total. The third kappa shape index (κ3) is 3.89. The van der Waals surface area contributed by atoms with Gasteiger partial charge in [0.05, 0.1) is 5.69 Å². The molecule has 0 atom stereocenters. The van der Waals surface area contributed by atoms with Crippen LogP contribution in [0.2, 0.25) is 0 Å². The summed E-state index contributed by atoms with van der Waals surface area (Å²) in [5, 5.41) is 10.9. The van der Waals surface area contributed by atoms with Crippen LogP contribution >= 0.6 is 0 Å². The average molecular weight is 209 g/mol. The van der Waals surface area contributed by atoms with Gasteiger partial charge in [-0.05, 0) is 32.9 Å². The van der Waals surface area contributed by atoms with E-state index in [9.17, 15) is 4.79 Å². The number of amides is 1. The number of hydrogen-bond acceptors (Lipinski definition) is 2. The molecule has 0 aliphatic carbocycles. The Labute approximate surface area is 88.9 Å². The molecule has 0 spiro atoms. The van der Waals surface area contributed by atoms with Crippen LogP contribution in [-0.4, -0.2) is 16.8 Å². The molecule has 1 amide bonds. The van der Waals surface area contributed by atoms with Crippen LogP contribution in [0.15, 0.2) is 24.3 Å². The number of anilines is 1. The van der Waals surface area contributed by atoms with Gasteiger partial charge in [0.25, 0.3) is 0 Å². The van der Waals surface area contributed by atoms with Gasteiger partial charge in [-0.2, -0.15) is 0 Å². The van der Waals surface area contributed by atoms with E-state index in [-0.39, 0.29) is 5.60 Å². The first kappa shape index (κ1) is 11.4. The highest BCUT2D eigenvalue weighted by Crippen LogP contribution is 2.27. The van der Waals surface area contributed by atoms with Crippen molar-refractivity contribution < 1.29 is 14.6 Å². The van der Waals surface area contributed by atoms with Crippen molar-refractivity contribution in [2.24, 2.45) is 0 Å². The minimum Gasteiger partial charge on any atom is -0.486 e. The Bertz CT molecular complexity index is 355. The fraction of sp³-hybridized carbons (Fsp3) is 0.364. The predicted molar refractivity (Wildman–Crippen MR) is 58.5 cm³/mol. The zero-order valence-corrected chi connectivity index (χ0v) is 9.07. The van der Waals surface area contributed by atoms with Gasteiger partial charge in [-0.3, -0.25) is 5.32 Å². The van der Waals surface area contributed by atoms with Crippen molar-refractivity contribution in [3.63, 3.8) is 0 Å². The molecule has 0 aliphatic heterocycles. The average Bonchev–Trinajstić information content (AvgIpc) is 2.05. The molecule has 0 saturated carbocycles. The molecule has 0 radical (unpaired) electrons. The van der Waals surface area contributed by atoms with E-state index in [2.05, 4.69) is 5.32 Å². The van der Waals surface area contributed by atoms with E-state index < -0.39 is 6.09 Å². The minimum atomic E-state index is -1.10. The Hall–Kier alpha value is -1.71. The van der Waals surface area contributed by atoms with Gasteiger partial charge in [0, 0.05) is 0 Å². The van der Waals surface area contributed by atoms with Gasteiger partial charge >= 0.3 is 6.09 Å². The van der Waals surface area contributed by atoms with E-state index in [0.29, 0.717) is 11.4 Å². The van der Waals surface area contributed by atoms with Crippen molar-refractivity contribution in [3.8, 4) is 5.75 Å². The first-order chi connectivity index (χ1) is 6.88. The maximum absolute atomic E-state index is 10.5. The Morgan fingerprint density at radius 3 is 2.47 bits per heavy atom. The van der Waals surface area contributed by atoms with E-state index in [0.717, 1.165) is 0 Å². The second-order valence-electron chi connectivity index (χ2n) is 4.14. The molecular formula is C11H15NO3. The highest BCUT2D eigenvalue weighted by Gasteiger charge is 2.14. The van der Waals surface area contributed by atoms with Crippen LogP contribution in [-0.2, 0) is 0 Å². The number of benzene rings is 1. The Morgan fingerprint density at radius 1 is 1.33 bits per heavy atom. The van der Waals surface area contributed by atoms with Gasteiger partial charge < -0.3 is 9.84 Å². The smallest absolute Gasteiger partial charge is 0.409 e. The summed E-state index contributed by atoms with van der Waals surface area (Å²) in [4.78, 5) is 10.5. The van der Waals surface area contributed by atoms with Gasteiger partial charge in [-0.25, -0.2) is 4.79 Å². The Morgan fingerprint density at radius 2 is 1.93 bits per heavy atom. The lowest BCUT2D eigenvalue weighted by Crippen LogP contribution is -2.24. The van der Waals surface area contributed by atoms with Crippen LogP contribution in [0.25, 0.3) is 0 Å². The molecule has 1 aromatic carbocycles. The van der Waals surface area contributed by atoms with Gasteiger partial charge in [0.2, 0.25) is 0 Å². The molecule has 0 bridgehead atoms. The number of ether oxygens (including phenoxy) is 1. The summed E-state index contributed by atoms with van der Waals surface area (Å²) < 4.78 is 5.61. The molecule has 0 fully saturated rings. The predicted octanol–water partition coefficient (Wildman–Crippen LogP) is 2.95. The summed E-state index contributed by atoms with van der Waals surface area (Å²) in [6.07, 6.45) is -1.10. The van der Waals surface area contributed by atoms with Crippen LogP contribution < -0.4 is 10.1 Å². The number of nitrogens with one attached hydrogen (secondary N) is 1. The van der Waals surface area contributed by atoms with Crippen LogP contribution in [0.3, 0.4) is 0 Å². The third-order valence-electron chi connectivity index (χ3n) is 1.54. The zero-order valence-electron chi connectivity index (χ0n) is 9.07. The molecule has 0 heterocycles. The van der Waals surface area contributed by atoms with E-state index in [4.69, 9.17) is 9.84 Å². The zero-order chi connectivity index (χ0) is 11.5. The fourth-order valence-electron chi connectivity index (χ4n) is 1.10. The monoisotopic (exact) mass is 209 g/mol. The molecular weight excluding hydrogens is 194 g/mol. The number of rotatable bonds is 2. The lowest BCUT2D eigenvalue weighted by molar-refractivity contribution is 0.131. The van der Waals surface area contributed by atoms with Gasteiger partial charge in [-0.15, -0.1) is 0 Å². The fourth-order valence-corrected chi connectivity index (χ4v) is 1.10. The quantitative estimate of drug-likeness (QED) is 0.787. The van der Waals surface area contributed by atoms with Crippen LogP contribution in [0, 0.1) is 0 Å². The Kier molecular flexibility index (Phi) is 3.19. The van der Waals surface area contributed by atoms with Crippen molar-refractivity contribution >= 4 is 11.8 Å². The highest BCUT2D eigenvalue weighted by molar-refractivity contribution is 5.85. The molecule has 15 heavy (non-hydrogen) atoms. The molecule has 0 aliphatic rings. The highest BCUT2D eigenvalue weighted by atomic mass is 16.5. The molecule has 4 heteroatoms. The van der Waals surface area contributed by atoms with Crippen LogP contribution in [0.5, 0.6) is 5.75 Å². The summed E-state index contributed by atoms with van der Waals surface area (Å²) in [7, 11) is 0. The largest absolute Gasteiger partial charge is 0.486 e. The standard InChI is InChI=1S/C11H15NO3/c1-11(2,3)15-9-7-5-4-6-8(9)12-10(13)14/h4-7,12H,1-3H3,(H,13,14). The van der Waals surface area contributed by atoms with Gasteiger partial charge in [0.1, 0.15) is 11.4 Å². The van der Waals surface area contributed by atoms with Crippen LogP contribution in [0.4, 0.5) is 10.5 Å². The summed E-state index contributed by atoms with van der Waals surface area (Å²) in [5.41, 5.74) is 0.107. The molecule has 4 nitrogen and oxygen atoms in total. The van der Waals surface area contributed by atoms with Crippen LogP contribution in [0.1, 0.15) is 20.8 Å². The second-order valence-corrected chi connectivity index (χ2v) is 4.14. The molecule has 82 valence electrons. The maximum Gasteiger partial charge on any atom is 0.409 e. The topological polar surface area (TPSA) is 58.6 Å². The summed E-state index contributed by atoms with van der Waals surface area (Å²) >= 11 is 0. The lowest BCUT2D eigenvalue weighted by atomic mass is 10.2. The number of hydrogen-bond donors (Lipinski definition) is 2. The second kappa shape index (κ2) is 4.21. The first-order valence-corrected chi connectivity index (χ1v) is 4.66. The van der Waals surface area contributed by atoms with Crippen molar-refractivity contribution in [3.05, 3.63) is 24.3 Å². The number of para-hydroxylation sites is 2. The SMILES string of the molecule is CC(C)(C)Oc1ccccc1NC(=O)O. The van der Waals surface area contributed by atoms with E-state index in [1.54, 1.807) is 24.3 Å². The molecule has 0 aromatic heterocycles. The third-order valence-corrected chi connectivity index (χ3v) is 1.54. The van der Waals surface area contributed by atoms with Crippen molar-refractivity contribution in [2.45, 2.75) is 26.4 Å². The number of carboxylic acid groups (broad SMARTS) is 1. The Balaban J connectivity index is 2.91. The van der Waals surface area contributed by atoms with E-state index >= 15 is 0 Å². The molecule has 1 aromatic rings. The van der Waals surface area contributed by atoms with Gasteiger partial charge in [-0.1, -0.05) is 12.1 Å². The molecule has 0 unspecified atom stereocenters. The van der Waals surface area contributed by atoms with Crippen molar-refractivity contribution in [2.75, 3.05) is 5.32 Å². The normalized spacial score (nSPS) is 10.9. The first-order valence-electron chi connectivity index (χ1n) is 4.66. The van der Waals surface area contributed by atoms with Crippen molar-refractivity contribution in [1.82, 2.24) is 0 Å². The summed E-state index contributed by atoms with van der Waals surface area (Å²) in [6.45, 7) is 5.72. The number of carbonyl (C=O) groups is 1. The minimum absolute atomic E-state index is 0.351. The van der Waals surface area contributed by atoms with E-state index in [1.165, 1.54) is 0 Å². The summed E-state index contributed by atoms with van der Waals surface area (Å²) in [6, 6.07) is 6.95. The maximum atomic E-state index is 10.5. The van der Waals surface area contributed by atoms with Gasteiger partial charge in [0.15, 0.2) is 0 Å². The lowest BCUT2D eigenvalue weighted by Gasteiger charge is -2.22. The summed E-state index contributed by atoms with van der Waals surface area (Å²) in [5.74, 6) is 0.535. The van der Waals surface area contributed by atoms with E-state index in [1.807, 2.05) is 20.8 Å². The molecule has 1 rings (SSSR count). The van der Waals surface area contributed by atoms with Crippen molar-refractivity contribution in [1.29, 1.82) is 0 Å². The molecule has 0 saturated heterocycles.